The SMILES string of the molecule is Cc1oc(CNC(=O)N2CCC(CO)C2)cc1C(=O)O. The summed E-state index contributed by atoms with van der Waals surface area (Å²) in [6.45, 7) is 2.96. The molecule has 2 amide bonds. The van der Waals surface area contributed by atoms with Crippen LogP contribution >= 0.6 is 0 Å². The summed E-state index contributed by atoms with van der Waals surface area (Å²) in [5.74, 6) is -0.172. The van der Waals surface area contributed by atoms with Crippen molar-refractivity contribution in [3.63, 3.8) is 0 Å². The Morgan fingerprint density at radius 3 is 2.85 bits per heavy atom. The minimum Gasteiger partial charge on any atom is -0.478 e. The molecule has 0 bridgehead atoms. The molecule has 1 aromatic heterocycles. The second-order valence-corrected chi connectivity index (χ2v) is 4.93. The number of amides is 2. The van der Waals surface area contributed by atoms with Crippen LogP contribution in [0.4, 0.5) is 4.79 Å². The zero-order chi connectivity index (χ0) is 14.7. The number of carboxylic acid groups (broad SMARTS) is 1. The smallest absolute Gasteiger partial charge is 0.339 e. The maximum atomic E-state index is 11.9. The molecule has 7 heteroatoms. The van der Waals surface area contributed by atoms with Gasteiger partial charge < -0.3 is 24.8 Å². The maximum absolute atomic E-state index is 11.9. The number of likely N-dealkylation sites (tertiary alicyclic amines) is 1. The van der Waals surface area contributed by atoms with Gasteiger partial charge in [-0.25, -0.2) is 9.59 Å². The number of nitrogens with one attached hydrogen (secondary N) is 1. The monoisotopic (exact) mass is 282 g/mol. The Morgan fingerprint density at radius 1 is 1.55 bits per heavy atom. The molecular weight excluding hydrogens is 264 g/mol. The molecule has 0 aromatic carbocycles. The number of furan rings is 1. The van der Waals surface area contributed by atoms with Gasteiger partial charge in [0, 0.05) is 25.6 Å². The van der Waals surface area contributed by atoms with Crippen LogP contribution in [0.15, 0.2) is 10.5 Å². The molecule has 110 valence electrons. The van der Waals surface area contributed by atoms with Crippen LogP contribution in [0.5, 0.6) is 0 Å². The molecule has 0 aliphatic carbocycles. The van der Waals surface area contributed by atoms with Crippen LogP contribution in [-0.2, 0) is 6.54 Å². The summed E-state index contributed by atoms with van der Waals surface area (Å²) in [7, 11) is 0. The van der Waals surface area contributed by atoms with E-state index < -0.39 is 5.97 Å². The zero-order valence-corrected chi connectivity index (χ0v) is 11.3. The lowest BCUT2D eigenvalue weighted by atomic mass is 10.1. The third kappa shape index (κ3) is 3.11. The number of hydrogen-bond acceptors (Lipinski definition) is 4. The third-order valence-electron chi connectivity index (χ3n) is 3.44. The second kappa shape index (κ2) is 5.96. The number of aryl methyl sites for hydroxylation is 1. The number of urea groups is 1. The summed E-state index contributed by atoms with van der Waals surface area (Å²) in [5, 5.41) is 20.6. The van der Waals surface area contributed by atoms with E-state index in [-0.39, 0.29) is 30.7 Å². The molecule has 0 spiro atoms. The molecule has 1 aliphatic rings. The van der Waals surface area contributed by atoms with Crippen molar-refractivity contribution in [1.82, 2.24) is 10.2 Å². The number of carbonyl (C=O) groups is 2. The molecule has 1 aromatic rings. The molecule has 20 heavy (non-hydrogen) atoms. The van der Waals surface area contributed by atoms with Crippen molar-refractivity contribution in [3.8, 4) is 0 Å². The van der Waals surface area contributed by atoms with Gasteiger partial charge in [0.1, 0.15) is 17.1 Å². The van der Waals surface area contributed by atoms with Crippen molar-refractivity contribution < 1.29 is 24.2 Å². The van der Waals surface area contributed by atoms with Gasteiger partial charge in [-0.05, 0) is 19.4 Å². The van der Waals surface area contributed by atoms with Gasteiger partial charge in [-0.15, -0.1) is 0 Å². The zero-order valence-electron chi connectivity index (χ0n) is 11.3. The van der Waals surface area contributed by atoms with Crippen molar-refractivity contribution in [1.29, 1.82) is 0 Å². The number of carbonyl (C=O) groups excluding carboxylic acids is 1. The normalized spacial score (nSPS) is 18.3. The van der Waals surface area contributed by atoms with Crippen molar-refractivity contribution in [2.24, 2.45) is 5.92 Å². The van der Waals surface area contributed by atoms with E-state index in [9.17, 15) is 9.59 Å². The van der Waals surface area contributed by atoms with E-state index in [0.29, 0.717) is 24.6 Å². The molecule has 2 heterocycles. The summed E-state index contributed by atoms with van der Waals surface area (Å²) >= 11 is 0. The van der Waals surface area contributed by atoms with Crippen LogP contribution in [0.25, 0.3) is 0 Å². The lowest BCUT2D eigenvalue weighted by molar-refractivity contribution is 0.0695. The molecule has 1 atom stereocenters. The van der Waals surface area contributed by atoms with E-state index in [1.807, 2.05) is 0 Å². The number of nitrogens with zero attached hydrogens (tertiary/aromatic N) is 1. The van der Waals surface area contributed by atoms with Crippen molar-refractivity contribution in [2.45, 2.75) is 19.9 Å². The van der Waals surface area contributed by atoms with Crippen molar-refractivity contribution >= 4 is 12.0 Å². The first-order valence-electron chi connectivity index (χ1n) is 6.47. The van der Waals surface area contributed by atoms with Crippen LogP contribution in [0.1, 0.15) is 28.3 Å². The fraction of sp³-hybridized carbons (Fsp3) is 0.538. The largest absolute Gasteiger partial charge is 0.478 e. The van der Waals surface area contributed by atoms with Gasteiger partial charge in [0.2, 0.25) is 0 Å². The van der Waals surface area contributed by atoms with E-state index in [4.69, 9.17) is 14.6 Å². The van der Waals surface area contributed by atoms with Gasteiger partial charge in [0.15, 0.2) is 0 Å². The highest BCUT2D eigenvalue weighted by Gasteiger charge is 2.25. The number of carboxylic acids is 1. The van der Waals surface area contributed by atoms with Crippen LogP contribution in [0, 0.1) is 12.8 Å². The molecule has 0 saturated carbocycles. The lowest BCUT2D eigenvalue weighted by Gasteiger charge is -2.16. The van der Waals surface area contributed by atoms with Crippen molar-refractivity contribution in [3.05, 3.63) is 23.2 Å². The van der Waals surface area contributed by atoms with E-state index in [0.717, 1.165) is 6.42 Å². The maximum Gasteiger partial charge on any atom is 0.339 e. The average Bonchev–Trinajstić information content (AvgIpc) is 3.02. The van der Waals surface area contributed by atoms with E-state index in [2.05, 4.69) is 5.32 Å². The summed E-state index contributed by atoms with van der Waals surface area (Å²) in [6, 6.07) is 1.19. The van der Waals surface area contributed by atoms with Gasteiger partial charge in [0.05, 0.1) is 6.54 Å². The minimum absolute atomic E-state index is 0.0864. The number of aliphatic hydroxyl groups excluding tert-OH is 1. The molecule has 7 nitrogen and oxygen atoms in total. The standard InChI is InChI=1S/C13H18N2O5/c1-8-11(12(17)18)4-10(20-8)5-14-13(19)15-3-2-9(6-15)7-16/h4,9,16H,2-3,5-7H2,1H3,(H,14,19)(H,17,18). The van der Waals surface area contributed by atoms with Crippen LogP contribution in [0.3, 0.4) is 0 Å². The Kier molecular flexibility index (Phi) is 4.29. The highest BCUT2D eigenvalue weighted by molar-refractivity contribution is 5.88. The van der Waals surface area contributed by atoms with E-state index in [1.54, 1.807) is 11.8 Å². The molecule has 1 fully saturated rings. The first-order valence-corrected chi connectivity index (χ1v) is 6.47. The Labute approximate surface area is 116 Å². The predicted octanol–water partition coefficient (Wildman–Crippen LogP) is 0.810. The molecule has 1 aliphatic heterocycles. The van der Waals surface area contributed by atoms with Gasteiger partial charge >= 0.3 is 12.0 Å². The van der Waals surface area contributed by atoms with E-state index >= 15 is 0 Å². The van der Waals surface area contributed by atoms with Crippen LogP contribution in [-0.4, -0.2) is 46.8 Å². The van der Waals surface area contributed by atoms with Gasteiger partial charge in [0.25, 0.3) is 0 Å². The van der Waals surface area contributed by atoms with Crippen LogP contribution < -0.4 is 5.32 Å². The molecule has 1 saturated heterocycles. The predicted molar refractivity (Wildman–Crippen MR) is 69.4 cm³/mol. The Morgan fingerprint density at radius 2 is 2.30 bits per heavy atom. The summed E-state index contributed by atoms with van der Waals surface area (Å²) in [6.07, 6.45) is 0.799. The topological polar surface area (TPSA) is 103 Å². The minimum atomic E-state index is -1.05. The molecular formula is C13H18N2O5. The fourth-order valence-corrected chi connectivity index (χ4v) is 2.28. The first kappa shape index (κ1) is 14.4. The van der Waals surface area contributed by atoms with Gasteiger partial charge in [-0.2, -0.15) is 0 Å². The average molecular weight is 282 g/mol. The molecule has 0 radical (unpaired) electrons. The number of aliphatic hydroxyl groups is 1. The van der Waals surface area contributed by atoms with Gasteiger partial charge in [-0.1, -0.05) is 0 Å². The van der Waals surface area contributed by atoms with Crippen molar-refractivity contribution in [2.75, 3.05) is 19.7 Å². The fourth-order valence-electron chi connectivity index (χ4n) is 2.28. The Balaban J connectivity index is 1.87. The lowest BCUT2D eigenvalue weighted by Crippen LogP contribution is -2.38. The first-order chi connectivity index (χ1) is 9.51. The number of aromatic carboxylic acids is 1. The van der Waals surface area contributed by atoms with Gasteiger partial charge in [-0.3, -0.25) is 0 Å². The summed E-state index contributed by atoms with van der Waals surface area (Å²) in [5.41, 5.74) is 0.107. The summed E-state index contributed by atoms with van der Waals surface area (Å²) in [4.78, 5) is 24.4. The molecule has 2 rings (SSSR count). The highest BCUT2D eigenvalue weighted by Crippen LogP contribution is 2.16. The Bertz CT molecular complexity index is 511. The summed E-state index contributed by atoms with van der Waals surface area (Å²) < 4.78 is 5.28. The molecule has 1 unspecified atom stereocenters. The van der Waals surface area contributed by atoms with E-state index in [1.165, 1.54) is 6.07 Å². The number of rotatable bonds is 4. The number of hydrogen-bond donors (Lipinski definition) is 3. The molecule has 3 N–H and O–H groups in total. The second-order valence-electron chi connectivity index (χ2n) is 4.93. The highest BCUT2D eigenvalue weighted by atomic mass is 16.4. The quantitative estimate of drug-likeness (QED) is 0.758. The van der Waals surface area contributed by atoms with Crippen LogP contribution in [0.2, 0.25) is 0 Å². The third-order valence-corrected chi connectivity index (χ3v) is 3.44. The Hall–Kier alpha value is -2.02.